The number of aromatic nitrogens is 4. The molecule has 0 saturated carbocycles. The number of hydrogen-bond acceptors (Lipinski definition) is 5. The molecule has 5 rings (SSSR count). The molecule has 4 heterocycles. The first-order valence-corrected chi connectivity index (χ1v) is 10.3. The Bertz CT molecular complexity index is 1370. The van der Waals surface area contributed by atoms with Crippen LogP contribution in [0.5, 0.6) is 0 Å². The Balaban J connectivity index is 1.53. The zero-order valence-electron chi connectivity index (χ0n) is 16.2. The number of rotatable bonds is 4. The van der Waals surface area contributed by atoms with Crippen LogP contribution >= 0.6 is 11.3 Å². The summed E-state index contributed by atoms with van der Waals surface area (Å²) in [6, 6.07) is 11.2. The van der Waals surface area contributed by atoms with Gasteiger partial charge in [0.1, 0.15) is 11.3 Å². The van der Waals surface area contributed by atoms with Gasteiger partial charge in [-0.3, -0.25) is 9.97 Å². The Morgan fingerprint density at radius 2 is 1.90 bits per heavy atom. The van der Waals surface area contributed by atoms with Crippen molar-refractivity contribution in [3.05, 3.63) is 83.3 Å². The molecule has 3 N–H and O–H groups in total. The normalized spacial score (nSPS) is 11.3. The number of nitrogen functional groups attached to an aromatic ring is 1. The van der Waals surface area contributed by atoms with Gasteiger partial charge in [0.05, 0.1) is 11.7 Å². The largest absolute Gasteiger partial charge is 0.398 e. The number of hydrogen-bond donors (Lipinski definition) is 2. The molecule has 4 aromatic heterocycles. The van der Waals surface area contributed by atoms with E-state index in [1.54, 1.807) is 24.7 Å². The lowest BCUT2D eigenvalue weighted by Gasteiger charge is -2.09. The highest BCUT2D eigenvalue weighted by molar-refractivity contribution is 7.14. The van der Waals surface area contributed by atoms with Crippen molar-refractivity contribution in [2.75, 3.05) is 5.73 Å². The third kappa shape index (κ3) is 3.33. The number of benzene rings is 1. The van der Waals surface area contributed by atoms with Gasteiger partial charge < -0.3 is 10.7 Å². The van der Waals surface area contributed by atoms with Gasteiger partial charge in [0.2, 0.25) is 0 Å². The Hall–Kier alpha value is -3.58. The third-order valence-corrected chi connectivity index (χ3v) is 6.04. The van der Waals surface area contributed by atoms with Crippen LogP contribution in [0.1, 0.15) is 17.0 Å². The molecule has 0 aliphatic carbocycles. The van der Waals surface area contributed by atoms with E-state index in [-0.39, 0.29) is 5.13 Å². The Morgan fingerprint density at radius 3 is 2.70 bits per heavy atom. The van der Waals surface area contributed by atoms with E-state index in [4.69, 9.17) is 10.7 Å². The first kappa shape index (κ1) is 18.4. The monoisotopic (exact) mass is 415 g/mol. The molecular weight excluding hydrogens is 397 g/mol. The summed E-state index contributed by atoms with van der Waals surface area (Å²) in [7, 11) is 0. The number of nitrogens with zero attached hydrogens (tertiary/aromatic N) is 3. The van der Waals surface area contributed by atoms with Crippen molar-refractivity contribution < 1.29 is 4.39 Å². The minimum Gasteiger partial charge on any atom is -0.398 e. The van der Waals surface area contributed by atoms with Crippen LogP contribution in [0.25, 0.3) is 32.6 Å². The lowest BCUT2D eigenvalue weighted by atomic mass is 9.98. The van der Waals surface area contributed by atoms with Gasteiger partial charge in [0.15, 0.2) is 5.13 Å². The highest BCUT2D eigenvalue weighted by Gasteiger charge is 2.14. The molecule has 0 atom stereocenters. The first-order valence-electron chi connectivity index (χ1n) is 9.46. The number of halogens is 1. The maximum Gasteiger partial charge on any atom is 0.176 e. The number of aryl methyl sites for hydroxylation is 1. The van der Waals surface area contributed by atoms with Crippen molar-refractivity contribution in [3.63, 3.8) is 0 Å². The number of aromatic amines is 1. The number of anilines is 1. The van der Waals surface area contributed by atoms with Crippen LogP contribution in [0.3, 0.4) is 0 Å². The number of nitrogens with one attached hydrogen (secondary N) is 1. The molecule has 0 aliphatic heterocycles. The van der Waals surface area contributed by atoms with Crippen molar-refractivity contribution in [3.8, 4) is 21.6 Å². The van der Waals surface area contributed by atoms with E-state index >= 15 is 0 Å². The molecule has 0 amide bonds. The summed E-state index contributed by atoms with van der Waals surface area (Å²) in [6.45, 7) is 2.06. The fraction of sp³-hybridized carbons (Fsp3) is 0.0870. The molecule has 0 bridgehead atoms. The Kier molecular flexibility index (Phi) is 4.52. The molecule has 0 saturated heterocycles. The number of imidazole rings is 1. The number of thiophene rings is 1. The summed E-state index contributed by atoms with van der Waals surface area (Å²) in [5, 5.41) is -0.229. The molecule has 0 spiro atoms. The summed E-state index contributed by atoms with van der Waals surface area (Å²) in [4.78, 5) is 17.4. The van der Waals surface area contributed by atoms with Crippen LogP contribution in [0.15, 0.2) is 61.2 Å². The molecule has 5 nitrogen and oxygen atoms in total. The van der Waals surface area contributed by atoms with Gasteiger partial charge in [-0.25, -0.2) is 4.98 Å². The molecule has 0 unspecified atom stereocenters. The van der Waals surface area contributed by atoms with Crippen molar-refractivity contribution in [2.45, 2.75) is 13.3 Å². The molecule has 30 heavy (non-hydrogen) atoms. The van der Waals surface area contributed by atoms with Crippen LogP contribution in [-0.4, -0.2) is 19.9 Å². The Labute approximate surface area is 176 Å². The van der Waals surface area contributed by atoms with Crippen molar-refractivity contribution in [1.29, 1.82) is 0 Å². The SMILES string of the molecule is Cc1ccncc1-c1ccc(N)c(Cc2nc3c(-c4ccc(F)s4)cncc3[nH]2)c1. The minimum atomic E-state index is -0.229. The maximum atomic E-state index is 13.5. The fourth-order valence-corrected chi connectivity index (χ4v) is 4.32. The van der Waals surface area contributed by atoms with Crippen molar-refractivity contribution in [2.24, 2.45) is 0 Å². The predicted molar refractivity (Wildman–Crippen MR) is 119 cm³/mol. The van der Waals surface area contributed by atoms with Gasteiger partial charge in [-0.05, 0) is 53.9 Å². The molecule has 0 aliphatic rings. The lowest BCUT2D eigenvalue weighted by molar-refractivity contribution is 0.657. The van der Waals surface area contributed by atoms with Crippen molar-refractivity contribution in [1.82, 2.24) is 19.9 Å². The smallest absolute Gasteiger partial charge is 0.176 e. The van der Waals surface area contributed by atoms with Crippen LogP contribution < -0.4 is 5.73 Å². The molecule has 5 aromatic rings. The Morgan fingerprint density at radius 1 is 1.03 bits per heavy atom. The lowest BCUT2D eigenvalue weighted by Crippen LogP contribution is -1.98. The first-order chi connectivity index (χ1) is 14.6. The molecule has 0 fully saturated rings. The number of fused-ring (bicyclic) bond motifs is 1. The van der Waals surface area contributed by atoms with Gasteiger partial charge in [-0.15, -0.1) is 11.3 Å². The summed E-state index contributed by atoms with van der Waals surface area (Å²) >= 11 is 1.09. The molecule has 1 aromatic carbocycles. The average Bonchev–Trinajstić information content (AvgIpc) is 3.35. The molecular formula is C23H18FN5S. The predicted octanol–water partition coefficient (Wildman–Crippen LogP) is 5.37. The van der Waals surface area contributed by atoms with E-state index < -0.39 is 0 Å². The summed E-state index contributed by atoms with van der Waals surface area (Å²) in [5.41, 5.74) is 13.7. The second-order valence-corrected chi connectivity index (χ2v) is 8.19. The number of nitrogens with two attached hydrogens (primary N) is 1. The van der Waals surface area contributed by atoms with E-state index in [1.807, 2.05) is 24.4 Å². The zero-order chi connectivity index (χ0) is 20.7. The summed E-state index contributed by atoms with van der Waals surface area (Å²) in [5.74, 6) is 0.781. The zero-order valence-corrected chi connectivity index (χ0v) is 17.0. The van der Waals surface area contributed by atoms with E-state index in [9.17, 15) is 4.39 Å². The fourth-order valence-electron chi connectivity index (χ4n) is 3.58. The van der Waals surface area contributed by atoms with E-state index in [2.05, 4.69) is 27.9 Å². The maximum absolute atomic E-state index is 13.5. The van der Waals surface area contributed by atoms with E-state index in [0.29, 0.717) is 12.1 Å². The summed E-state index contributed by atoms with van der Waals surface area (Å²) in [6.07, 6.45) is 7.66. The standard InChI is InChI=1S/C23H18FN5S/c1-13-6-7-26-10-16(13)14-2-3-18(25)15(8-14)9-22-28-19-12-27-11-17(23(19)29-22)20-4-5-21(24)30-20/h2-8,10-12H,9,25H2,1H3,(H,28,29). The van der Waals surface area contributed by atoms with E-state index in [0.717, 1.165) is 60.9 Å². The highest BCUT2D eigenvalue weighted by Crippen LogP contribution is 2.32. The van der Waals surface area contributed by atoms with Crippen LogP contribution in [0.2, 0.25) is 0 Å². The third-order valence-electron chi connectivity index (χ3n) is 5.13. The second-order valence-electron chi connectivity index (χ2n) is 7.15. The molecule has 7 heteroatoms. The van der Waals surface area contributed by atoms with Crippen LogP contribution in [0.4, 0.5) is 10.1 Å². The van der Waals surface area contributed by atoms with Gasteiger partial charge >= 0.3 is 0 Å². The number of pyridine rings is 2. The minimum absolute atomic E-state index is 0.229. The topological polar surface area (TPSA) is 80.5 Å². The van der Waals surface area contributed by atoms with Gasteiger partial charge in [0.25, 0.3) is 0 Å². The van der Waals surface area contributed by atoms with Gasteiger partial charge in [-0.2, -0.15) is 4.39 Å². The summed E-state index contributed by atoms with van der Waals surface area (Å²) < 4.78 is 13.5. The van der Waals surface area contributed by atoms with Crippen LogP contribution in [0, 0.1) is 12.1 Å². The average molecular weight is 415 g/mol. The molecule has 148 valence electrons. The molecule has 0 radical (unpaired) electrons. The quantitative estimate of drug-likeness (QED) is 0.387. The number of H-pyrrole nitrogens is 1. The van der Waals surface area contributed by atoms with Gasteiger partial charge in [0, 0.05) is 46.7 Å². The van der Waals surface area contributed by atoms with Crippen molar-refractivity contribution >= 4 is 28.1 Å². The van der Waals surface area contributed by atoms with Gasteiger partial charge in [-0.1, -0.05) is 6.07 Å². The van der Waals surface area contributed by atoms with Crippen LogP contribution in [-0.2, 0) is 6.42 Å². The van der Waals surface area contributed by atoms with E-state index in [1.165, 1.54) is 6.07 Å². The highest BCUT2D eigenvalue weighted by atomic mass is 32.1. The second kappa shape index (κ2) is 7.35.